The van der Waals surface area contributed by atoms with Crippen LogP contribution in [-0.4, -0.2) is 12.0 Å². The maximum atomic E-state index is 13.7. The Bertz CT molecular complexity index is 540. The first-order valence-electron chi connectivity index (χ1n) is 5.64. The van der Waals surface area contributed by atoms with Gasteiger partial charge < -0.3 is 4.90 Å². The second-order valence-corrected chi connectivity index (χ2v) is 5.22. The van der Waals surface area contributed by atoms with Crippen molar-refractivity contribution < 1.29 is 4.39 Å². The van der Waals surface area contributed by atoms with Gasteiger partial charge in [-0.05, 0) is 34.5 Å². The van der Waals surface area contributed by atoms with Crippen molar-refractivity contribution in [2.75, 3.05) is 11.9 Å². The monoisotopic (exact) mass is 308 g/mol. The van der Waals surface area contributed by atoms with Gasteiger partial charge in [-0.2, -0.15) is 0 Å². The molecule has 94 valence electrons. The van der Waals surface area contributed by atoms with Crippen LogP contribution in [0.5, 0.6) is 0 Å². The third-order valence-electron chi connectivity index (χ3n) is 2.69. The van der Waals surface area contributed by atoms with E-state index in [9.17, 15) is 4.39 Å². The van der Waals surface area contributed by atoms with Crippen LogP contribution in [0.2, 0.25) is 0 Å². The predicted octanol–water partition coefficient (Wildman–Crippen LogP) is 3.93. The Kier molecular flexibility index (Phi) is 3.97. The van der Waals surface area contributed by atoms with Gasteiger partial charge in [0.05, 0.1) is 0 Å². The summed E-state index contributed by atoms with van der Waals surface area (Å²) in [6.45, 7) is 2.68. The first-order valence-corrected chi connectivity index (χ1v) is 6.43. The minimum atomic E-state index is -0.320. The molecule has 0 unspecified atom stereocenters. The Morgan fingerprint density at radius 2 is 1.94 bits per heavy atom. The normalized spacial score (nSPS) is 10.4. The van der Waals surface area contributed by atoms with Crippen LogP contribution in [0.1, 0.15) is 11.1 Å². The molecular weight excluding hydrogens is 295 g/mol. The van der Waals surface area contributed by atoms with Crippen LogP contribution in [0, 0.1) is 12.7 Å². The molecule has 0 aliphatic rings. The fourth-order valence-electron chi connectivity index (χ4n) is 1.73. The molecule has 2 aromatic rings. The molecule has 1 aromatic carbocycles. The van der Waals surface area contributed by atoms with Gasteiger partial charge in [-0.1, -0.05) is 29.8 Å². The topological polar surface area (TPSA) is 16.1 Å². The lowest BCUT2D eigenvalue weighted by atomic mass is 10.1. The van der Waals surface area contributed by atoms with Gasteiger partial charge in [0, 0.05) is 24.3 Å². The van der Waals surface area contributed by atoms with E-state index >= 15 is 0 Å². The van der Waals surface area contributed by atoms with Crippen LogP contribution in [0.15, 0.2) is 41.0 Å². The number of halogens is 2. The molecule has 0 spiro atoms. The number of anilines is 1. The Morgan fingerprint density at radius 3 is 2.56 bits per heavy atom. The maximum Gasteiger partial charge on any atom is 0.166 e. The van der Waals surface area contributed by atoms with Crippen molar-refractivity contribution in [3.05, 3.63) is 57.9 Å². The molecule has 1 heterocycles. The molecule has 2 nitrogen and oxygen atoms in total. The molecule has 0 amide bonds. The number of aromatic nitrogens is 1. The van der Waals surface area contributed by atoms with E-state index in [0.717, 1.165) is 5.56 Å². The molecule has 2 rings (SSSR count). The molecule has 1 aromatic heterocycles. The van der Waals surface area contributed by atoms with Gasteiger partial charge in [0.2, 0.25) is 0 Å². The maximum absolute atomic E-state index is 13.7. The summed E-state index contributed by atoms with van der Waals surface area (Å²) in [5.74, 6) is 0.0396. The van der Waals surface area contributed by atoms with Crippen LogP contribution in [0.3, 0.4) is 0 Å². The second-order valence-electron chi connectivity index (χ2n) is 4.30. The van der Waals surface area contributed by atoms with E-state index in [1.165, 1.54) is 11.6 Å². The average molecular weight is 309 g/mol. The molecule has 0 saturated heterocycles. The summed E-state index contributed by atoms with van der Waals surface area (Å²) in [6.07, 6.45) is 1.60. The summed E-state index contributed by atoms with van der Waals surface area (Å²) in [5, 5.41) is 0. The number of pyridine rings is 1. The lowest BCUT2D eigenvalue weighted by Crippen LogP contribution is -2.19. The number of aryl methyl sites for hydroxylation is 1. The largest absolute Gasteiger partial charge is 0.353 e. The summed E-state index contributed by atoms with van der Waals surface area (Å²) >= 11 is 3.20. The van der Waals surface area contributed by atoms with Gasteiger partial charge in [-0.3, -0.25) is 0 Å². The number of hydrogen-bond acceptors (Lipinski definition) is 2. The zero-order valence-corrected chi connectivity index (χ0v) is 11.9. The molecular formula is C14H14BrFN2. The summed E-state index contributed by atoms with van der Waals surface area (Å²) in [4.78, 5) is 5.89. The van der Waals surface area contributed by atoms with Gasteiger partial charge >= 0.3 is 0 Å². The van der Waals surface area contributed by atoms with Crippen LogP contribution in [-0.2, 0) is 6.54 Å². The highest BCUT2D eigenvalue weighted by molar-refractivity contribution is 9.10. The summed E-state index contributed by atoms with van der Waals surface area (Å²) in [5.41, 5.74) is 2.35. The van der Waals surface area contributed by atoms with Crippen molar-refractivity contribution in [2.45, 2.75) is 13.5 Å². The molecule has 0 atom stereocenters. The lowest BCUT2D eigenvalue weighted by Gasteiger charge is -2.18. The highest BCUT2D eigenvalue weighted by atomic mass is 79.9. The molecule has 18 heavy (non-hydrogen) atoms. The summed E-state index contributed by atoms with van der Waals surface area (Å²) < 4.78 is 14.4. The Morgan fingerprint density at radius 1 is 1.28 bits per heavy atom. The summed E-state index contributed by atoms with van der Waals surface area (Å²) in [7, 11) is 1.83. The molecule has 0 aliphatic carbocycles. The van der Waals surface area contributed by atoms with Crippen molar-refractivity contribution in [2.24, 2.45) is 0 Å². The van der Waals surface area contributed by atoms with E-state index in [2.05, 4.69) is 33.0 Å². The van der Waals surface area contributed by atoms with Gasteiger partial charge in [-0.15, -0.1) is 0 Å². The van der Waals surface area contributed by atoms with Gasteiger partial charge in [-0.25, -0.2) is 9.37 Å². The van der Waals surface area contributed by atoms with Crippen LogP contribution < -0.4 is 4.90 Å². The Hall–Kier alpha value is -1.42. The molecule has 0 bridgehead atoms. The predicted molar refractivity (Wildman–Crippen MR) is 75.2 cm³/mol. The molecule has 0 saturated carbocycles. The molecule has 0 radical (unpaired) electrons. The highest BCUT2D eigenvalue weighted by Gasteiger charge is 2.10. The SMILES string of the molecule is Cc1ccc(CN(C)c2ncc(Br)cc2F)cc1. The van der Waals surface area contributed by atoms with Crippen molar-refractivity contribution in [3.8, 4) is 0 Å². The van der Waals surface area contributed by atoms with E-state index in [-0.39, 0.29) is 5.82 Å². The second kappa shape index (κ2) is 5.48. The van der Waals surface area contributed by atoms with Crippen molar-refractivity contribution in [1.29, 1.82) is 0 Å². The van der Waals surface area contributed by atoms with E-state index in [1.807, 2.05) is 26.1 Å². The number of nitrogens with zero attached hydrogens (tertiary/aromatic N) is 2. The van der Waals surface area contributed by atoms with Gasteiger partial charge in [0.15, 0.2) is 11.6 Å². The number of hydrogen-bond donors (Lipinski definition) is 0. The van der Waals surface area contributed by atoms with Gasteiger partial charge in [0.1, 0.15) is 0 Å². The number of benzene rings is 1. The molecule has 0 N–H and O–H groups in total. The van der Waals surface area contributed by atoms with E-state index in [0.29, 0.717) is 16.8 Å². The molecule has 4 heteroatoms. The van der Waals surface area contributed by atoms with Crippen LogP contribution >= 0.6 is 15.9 Å². The van der Waals surface area contributed by atoms with E-state index in [4.69, 9.17) is 0 Å². The minimum absolute atomic E-state index is 0.320. The third kappa shape index (κ3) is 3.07. The van der Waals surface area contributed by atoms with Crippen LogP contribution in [0.25, 0.3) is 0 Å². The minimum Gasteiger partial charge on any atom is -0.353 e. The highest BCUT2D eigenvalue weighted by Crippen LogP contribution is 2.20. The molecule has 0 fully saturated rings. The zero-order valence-electron chi connectivity index (χ0n) is 10.3. The average Bonchev–Trinajstić information content (AvgIpc) is 2.32. The smallest absolute Gasteiger partial charge is 0.166 e. The fourth-order valence-corrected chi connectivity index (χ4v) is 2.03. The lowest BCUT2D eigenvalue weighted by molar-refractivity contribution is 0.613. The Balaban J connectivity index is 2.16. The molecule has 0 aliphatic heterocycles. The zero-order chi connectivity index (χ0) is 13.1. The first-order chi connectivity index (χ1) is 8.56. The summed E-state index contributed by atoms with van der Waals surface area (Å²) in [6, 6.07) is 9.61. The third-order valence-corrected chi connectivity index (χ3v) is 3.12. The fraction of sp³-hybridized carbons (Fsp3) is 0.214. The van der Waals surface area contributed by atoms with Gasteiger partial charge in [0.25, 0.3) is 0 Å². The van der Waals surface area contributed by atoms with Crippen molar-refractivity contribution in [3.63, 3.8) is 0 Å². The first kappa shape index (κ1) is 13.0. The Labute approximate surface area is 115 Å². The number of rotatable bonds is 3. The van der Waals surface area contributed by atoms with E-state index < -0.39 is 0 Å². The van der Waals surface area contributed by atoms with Crippen molar-refractivity contribution >= 4 is 21.7 Å². The van der Waals surface area contributed by atoms with Crippen molar-refractivity contribution in [1.82, 2.24) is 4.98 Å². The van der Waals surface area contributed by atoms with E-state index in [1.54, 1.807) is 11.1 Å². The standard InChI is InChI=1S/C14H14BrFN2/c1-10-3-5-11(6-4-10)9-18(2)14-13(16)7-12(15)8-17-14/h3-8H,9H2,1-2H3. The van der Waals surface area contributed by atoms with Crippen LogP contribution in [0.4, 0.5) is 10.2 Å². The quantitative estimate of drug-likeness (QED) is 0.854.